The summed E-state index contributed by atoms with van der Waals surface area (Å²) in [6.07, 6.45) is 0. The average molecular weight is 360 g/mol. The van der Waals surface area contributed by atoms with Gasteiger partial charge in [-0.3, -0.25) is 0 Å². The van der Waals surface area contributed by atoms with Crippen LogP contribution in [-0.4, -0.2) is 25.3 Å². The van der Waals surface area contributed by atoms with Crippen molar-refractivity contribution in [3.63, 3.8) is 0 Å². The molecule has 0 saturated carbocycles. The van der Waals surface area contributed by atoms with E-state index in [1.54, 1.807) is 16.6 Å². The van der Waals surface area contributed by atoms with Crippen LogP contribution in [0.2, 0.25) is 5.02 Å². The van der Waals surface area contributed by atoms with Gasteiger partial charge in [0.25, 0.3) is 5.22 Å². The van der Waals surface area contributed by atoms with E-state index >= 15 is 0 Å². The van der Waals surface area contributed by atoms with Gasteiger partial charge in [0.2, 0.25) is 11.7 Å². The van der Waals surface area contributed by atoms with E-state index in [-0.39, 0.29) is 0 Å². The molecule has 1 N–H and O–H groups in total. The Kier molecular flexibility index (Phi) is 3.70. The quantitative estimate of drug-likeness (QED) is 0.447. The zero-order valence-electron chi connectivity index (χ0n) is 12.8. The molecule has 0 radical (unpaired) electrons. The predicted molar refractivity (Wildman–Crippen MR) is 87.9 cm³/mol. The topological polar surface area (TPSA) is 84.6 Å². The van der Waals surface area contributed by atoms with Crippen LogP contribution in [0.3, 0.4) is 0 Å². The number of benzene rings is 1. The van der Waals surface area contributed by atoms with E-state index in [1.807, 2.05) is 32.0 Å². The van der Waals surface area contributed by atoms with Crippen LogP contribution in [0.15, 0.2) is 45.0 Å². The molecule has 120 valence electrons. The van der Waals surface area contributed by atoms with Gasteiger partial charge in [0.05, 0.1) is 0 Å². The second kappa shape index (κ2) is 5.88. The molecule has 3 heterocycles. The number of aryl methyl sites for hydroxylation is 2. The first-order valence-electron chi connectivity index (χ1n) is 7.12. The maximum absolute atomic E-state index is 5.90. The molecule has 1 aromatic carbocycles. The van der Waals surface area contributed by atoms with E-state index in [9.17, 15) is 0 Å². The third-order valence-corrected chi connectivity index (χ3v) is 4.36. The van der Waals surface area contributed by atoms with Gasteiger partial charge in [-0.05, 0) is 31.2 Å². The van der Waals surface area contributed by atoms with Crippen LogP contribution in [0.25, 0.3) is 17.2 Å². The van der Waals surface area contributed by atoms with Crippen molar-refractivity contribution in [1.82, 2.24) is 25.3 Å². The Morgan fingerprint density at radius 1 is 1.12 bits per heavy atom. The Hall–Kier alpha value is -2.45. The number of hydrogen-bond donors (Lipinski definition) is 1. The molecule has 0 fully saturated rings. The van der Waals surface area contributed by atoms with Crippen molar-refractivity contribution >= 4 is 29.1 Å². The molecule has 0 bridgehead atoms. The third-order valence-electron chi connectivity index (χ3n) is 3.26. The van der Waals surface area contributed by atoms with Gasteiger partial charge in [-0.1, -0.05) is 21.6 Å². The lowest BCUT2D eigenvalue weighted by atomic mass is 10.2. The van der Waals surface area contributed by atoms with Gasteiger partial charge in [0, 0.05) is 35.3 Å². The Morgan fingerprint density at radius 3 is 2.71 bits per heavy atom. The van der Waals surface area contributed by atoms with Gasteiger partial charge in [0.15, 0.2) is 5.03 Å². The summed E-state index contributed by atoms with van der Waals surface area (Å²) in [6.45, 7) is 3.80. The number of nitrogens with zero attached hydrogens (tertiary/aromatic N) is 5. The first-order chi connectivity index (χ1) is 11.6. The molecule has 0 spiro atoms. The molecule has 7 nitrogen and oxygen atoms in total. The highest BCUT2D eigenvalue weighted by molar-refractivity contribution is 7.98. The van der Waals surface area contributed by atoms with Crippen molar-refractivity contribution in [2.24, 2.45) is 0 Å². The second-order valence-corrected chi connectivity index (χ2v) is 6.57. The summed E-state index contributed by atoms with van der Waals surface area (Å²) in [5, 5.41) is 13.3. The molecule has 3 aromatic heterocycles. The zero-order valence-corrected chi connectivity index (χ0v) is 14.4. The zero-order chi connectivity index (χ0) is 16.7. The van der Waals surface area contributed by atoms with Gasteiger partial charge in [-0.15, -0.1) is 14.7 Å². The monoisotopic (exact) mass is 359 g/mol. The van der Waals surface area contributed by atoms with E-state index < -0.39 is 0 Å². The largest absolute Gasteiger partial charge is 0.458 e. The fourth-order valence-corrected chi connectivity index (χ4v) is 3.18. The summed E-state index contributed by atoms with van der Waals surface area (Å²) in [6, 6.07) is 9.18. The van der Waals surface area contributed by atoms with Crippen LogP contribution in [0, 0.1) is 13.8 Å². The molecule has 0 saturated heterocycles. The third kappa shape index (κ3) is 2.85. The summed E-state index contributed by atoms with van der Waals surface area (Å²) >= 11 is 7.24. The molecule has 24 heavy (non-hydrogen) atoms. The van der Waals surface area contributed by atoms with Gasteiger partial charge in [0.1, 0.15) is 5.69 Å². The minimum atomic E-state index is 0.437. The molecule has 0 aliphatic heterocycles. The lowest BCUT2D eigenvalue weighted by molar-refractivity contribution is -0.620. The number of fused-ring (bicyclic) bond motifs is 1. The lowest BCUT2D eigenvalue weighted by Crippen LogP contribution is -2.27. The second-order valence-electron chi connectivity index (χ2n) is 5.16. The van der Waals surface area contributed by atoms with Crippen molar-refractivity contribution < 1.29 is 8.93 Å². The van der Waals surface area contributed by atoms with Gasteiger partial charge >= 0.3 is 5.78 Å². The summed E-state index contributed by atoms with van der Waals surface area (Å²) in [4.78, 5) is 8.73. The molecular weight excluding hydrogens is 348 g/mol. The van der Waals surface area contributed by atoms with E-state index in [1.165, 1.54) is 11.8 Å². The molecule has 0 amide bonds. The van der Waals surface area contributed by atoms with Crippen LogP contribution < -0.4 is 4.52 Å². The average Bonchev–Trinajstić information content (AvgIpc) is 3.14. The van der Waals surface area contributed by atoms with Crippen molar-refractivity contribution in [1.29, 1.82) is 0 Å². The first-order valence-corrected chi connectivity index (χ1v) is 8.31. The van der Waals surface area contributed by atoms with E-state index in [0.29, 0.717) is 21.9 Å². The normalized spacial score (nSPS) is 11.3. The summed E-state index contributed by atoms with van der Waals surface area (Å²) in [5.41, 5.74) is 1.68. The number of aromatic nitrogens is 6. The van der Waals surface area contributed by atoms with Gasteiger partial charge < -0.3 is 4.42 Å². The van der Waals surface area contributed by atoms with Crippen LogP contribution in [0.4, 0.5) is 0 Å². The summed E-state index contributed by atoms with van der Waals surface area (Å²) < 4.78 is 7.53. The SMILES string of the molecule is Cc1cc(Sc2nnc(-c3ccc(Cl)cc3)o2)[n+]2[nH]c(C)nc2n1. The minimum Gasteiger partial charge on any atom is -0.411 e. The molecule has 0 aliphatic carbocycles. The predicted octanol–water partition coefficient (Wildman–Crippen LogP) is 3.01. The fourth-order valence-electron chi connectivity index (χ4n) is 2.22. The number of rotatable bonds is 3. The Balaban J connectivity index is 1.68. The van der Waals surface area contributed by atoms with Crippen LogP contribution in [0.1, 0.15) is 11.5 Å². The highest BCUT2D eigenvalue weighted by Crippen LogP contribution is 2.28. The van der Waals surface area contributed by atoms with Crippen molar-refractivity contribution in [3.05, 3.63) is 46.9 Å². The Morgan fingerprint density at radius 2 is 1.92 bits per heavy atom. The molecule has 0 aliphatic rings. The van der Waals surface area contributed by atoms with E-state index in [4.69, 9.17) is 16.0 Å². The van der Waals surface area contributed by atoms with Crippen molar-refractivity contribution in [2.45, 2.75) is 24.1 Å². The fraction of sp³-hybridized carbons (Fsp3) is 0.133. The Bertz CT molecular complexity index is 1030. The maximum Gasteiger partial charge on any atom is 0.458 e. The van der Waals surface area contributed by atoms with Crippen LogP contribution >= 0.6 is 23.4 Å². The highest BCUT2D eigenvalue weighted by Gasteiger charge is 2.19. The summed E-state index contributed by atoms with van der Waals surface area (Å²) in [5.74, 6) is 1.83. The number of nitrogens with one attached hydrogen (secondary N) is 1. The molecule has 4 rings (SSSR count). The summed E-state index contributed by atoms with van der Waals surface area (Å²) in [7, 11) is 0. The molecule has 0 atom stereocenters. The maximum atomic E-state index is 5.90. The van der Waals surface area contributed by atoms with Crippen LogP contribution in [-0.2, 0) is 0 Å². The van der Waals surface area contributed by atoms with Crippen LogP contribution in [0.5, 0.6) is 0 Å². The lowest BCUT2D eigenvalue weighted by Gasteiger charge is -1.96. The number of H-pyrrole nitrogens is 1. The molecule has 0 unspecified atom stereocenters. The van der Waals surface area contributed by atoms with E-state index in [2.05, 4.69) is 25.3 Å². The number of aromatic amines is 1. The smallest absolute Gasteiger partial charge is 0.411 e. The number of hydrogen-bond acceptors (Lipinski definition) is 6. The molecule has 4 aromatic rings. The first kappa shape index (κ1) is 15.1. The Labute approximate surface area is 146 Å². The molecular formula is C15H12ClN6OS+. The minimum absolute atomic E-state index is 0.437. The molecule has 9 heteroatoms. The van der Waals surface area contributed by atoms with Crippen molar-refractivity contribution in [3.8, 4) is 11.5 Å². The van der Waals surface area contributed by atoms with Gasteiger partial charge in [-0.2, -0.15) is 0 Å². The van der Waals surface area contributed by atoms with E-state index in [0.717, 1.165) is 22.1 Å². The number of halogens is 1. The highest BCUT2D eigenvalue weighted by atomic mass is 35.5. The standard InChI is InChI=1S/C15H11ClN6OS/c1-8-7-12(22-14(17-8)18-9(2)21-22)24-15-20-19-13(23-15)10-3-5-11(16)6-4-10/h3-7H,1-2H3/p+1. The van der Waals surface area contributed by atoms with Crippen molar-refractivity contribution in [2.75, 3.05) is 0 Å². The van der Waals surface area contributed by atoms with Gasteiger partial charge in [-0.25, -0.2) is 5.10 Å².